The number of nitrogens with one attached hydrogen (secondary N) is 2. The van der Waals surface area contributed by atoms with Gasteiger partial charge in [0.25, 0.3) is 5.91 Å². The van der Waals surface area contributed by atoms with Crippen molar-refractivity contribution in [1.82, 2.24) is 9.62 Å². The van der Waals surface area contributed by atoms with Gasteiger partial charge in [-0.1, -0.05) is 12.1 Å². The Balaban J connectivity index is 1.66. The molecule has 0 bridgehead atoms. The first-order valence-corrected chi connectivity index (χ1v) is 11.5. The number of hydrogen-bond donors (Lipinski definition) is 2. The molecule has 2 N–H and O–H groups in total. The first-order valence-electron chi connectivity index (χ1n) is 10.0. The van der Waals surface area contributed by atoms with Crippen LogP contribution in [0.2, 0.25) is 0 Å². The van der Waals surface area contributed by atoms with E-state index >= 15 is 0 Å². The van der Waals surface area contributed by atoms with E-state index < -0.39 is 10.0 Å². The van der Waals surface area contributed by atoms with E-state index in [9.17, 15) is 18.0 Å². The highest BCUT2D eigenvalue weighted by atomic mass is 32.2. The number of sulfonamides is 1. The number of amides is 2. The summed E-state index contributed by atoms with van der Waals surface area (Å²) in [6, 6.07) is 11.5. The van der Waals surface area contributed by atoms with Gasteiger partial charge in [-0.15, -0.1) is 0 Å². The third-order valence-corrected chi connectivity index (χ3v) is 7.42. The summed E-state index contributed by atoms with van der Waals surface area (Å²) in [5.74, 6) is -0.229. The number of rotatable bonds is 6. The lowest BCUT2D eigenvalue weighted by Crippen LogP contribution is -2.41. The Morgan fingerprint density at radius 3 is 2.29 bits per heavy atom. The molecule has 0 radical (unpaired) electrons. The van der Waals surface area contributed by atoms with Crippen LogP contribution in [0.5, 0.6) is 5.75 Å². The van der Waals surface area contributed by atoms with Gasteiger partial charge in [-0.3, -0.25) is 9.59 Å². The van der Waals surface area contributed by atoms with Crippen molar-refractivity contribution >= 4 is 27.5 Å². The minimum Gasteiger partial charge on any atom is -0.497 e. The molecule has 0 saturated carbocycles. The quantitative estimate of drug-likeness (QED) is 0.711. The Morgan fingerprint density at radius 1 is 1.06 bits per heavy atom. The van der Waals surface area contributed by atoms with Crippen LogP contribution in [0.15, 0.2) is 47.4 Å². The summed E-state index contributed by atoms with van der Waals surface area (Å²) in [5, 5.41) is 5.44. The molecule has 0 atom stereocenters. The number of ether oxygens (including phenoxy) is 1. The molecular formula is C22H27N3O5S. The van der Waals surface area contributed by atoms with Crippen LogP contribution in [-0.2, 0) is 14.8 Å². The molecule has 8 nitrogen and oxygen atoms in total. The minimum atomic E-state index is -3.63. The second-order valence-corrected chi connectivity index (χ2v) is 9.36. The maximum absolute atomic E-state index is 12.9. The molecule has 1 saturated heterocycles. The van der Waals surface area contributed by atoms with Gasteiger partial charge in [-0.25, -0.2) is 8.42 Å². The standard InChI is InChI=1S/C22H27N3O5S/c1-15-5-4-6-19(20(15)22(27)23-2)24-21(26)16-11-13-25(14-12-16)31(28,29)18-9-7-17(30-3)8-10-18/h4-10,16H,11-14H2,1-3H3,(H,23,27)(H,24,26). The SMILES string of the molecule is CNC(=O)c1c(C)cccc1NC(=O)C1CCN(S(=O)(=O)c2ccc(OC)cc2)CC1. The van der Waals surface area contributed by atoms with Crippen molar-refractivity contribution in [2.24, 2.45) is 5.92 Å². The van der Waals surface area contributed by atoms with E-state index in [1.54, 1.807) is 31.3 Å². The fourth-order valence-electron chi connectivity index (χ4n) is 3.69. The van der Waals surface area contributed by atoms with Gasteiger partial charge < -0.3 is 15.4 Å². The Morgan fingerprint density at radius 2 is 1.71 bits per heavy atom. The number of piperidine rings is 1. The van der Waals surface area contributed by atoms with E-state index in [2.05, 4.69) is 10.6 Å². The Hall–Kier alpha value is -2.91. The highest BCUT2D eigenvalue weighted by Gasteiger charge is 2.32. The predicted molar refractivity (Wildman–Crippen MR) is 118 cm³/mol. The predicted octanol–water partition coefficient (Wildman–Crippen LogP) is 2.40. The Bertz CT molecular complexity index is 1060. The van der Waals surface area contributed by atoms with Crippen LogP contribution in [0.1, 0.15) is 28.8 Å². The van der Waals surface area contributed by atoms with Gasteiger partial charge in [0.15, 0.2) is 0 Å². The van der Waals surface area contributed by atoms with Crippen molar-refractivity contribution in [2.75, 3.05) is 32.6 Å². The summed E-state index contributed by atoms with van der Waals surface area (Å²) in [6.45, 7) is 2.31. The molecule has 1 aliphatic heterocycles. The number of nitrogens with zero attached hydrogens (tertiary/aromatic N) is 1. The minimum absolute atomic E-state index is 0.200. The maximum Gasteiger partial charge on any atom is 0.253 e. The summed E-state index contributed by atoms with van der Waals surface area (Å²) in [4.78, 5) is 25.2. The molecule has 0 aromatic heterocycles. The number of benzene rings is 2. The second-order valence-electron chi connectivity index (χ2n) is 7.42. The summed E-state index contributed by atoms with van der Waals surface area (Å²) in [6.07, 6.45) is 0.810. The molecule has 31 heavy (non-hydrogen) atoms. The first kappa shape index (κ1) is 22.8. The van der Waals surface area contributed by atoms with Gasteiger partial charge in [-0.05, 0) is 55.7 Å². The van der Waals surface area contributed by atoms with Gasteiger partial charge in [-0.2, -0.15) is 4.31 Å². The monoisotopic (exact) mass is 445 g/mol. The largest absolute Gasteiger partial charge is 0.497 e. The maximum atomic E-state index is 12.9. The van der Waals surface area contributed by atoms with Gasteiger partial charge in [0.2, 0.25) is 15.9 Å². The van der Waals surface area contributed by atoms with Crippen LogP contribution in [-0.4, -0.2) is 51.8 Å². The van der Waals surface area contributed by atoms with Gasteiger partial charge >= 0.3 is 0 Å². The number of methoxy groups -OCH3 is 1. The molecular weight excluding hydrogens is 418 g/mol. The Kier molecular flexibility index (Phi) is 6.97. The third-order valence-electron chi connectivity index (χ3n) is 5.51. The van der Waals surface area contributed by atoms with Crippen LogP contribution >= 0.6 is 0 Å². The van der Waals surface area contributed by atoms with E-state index in [-0.39, 0.29) is 35.7 Å². The number of anilines is 1. The number of aryl methyl sites for hydroxylation is 1. The molecule has 2 aromatic carbocycles. The van der Waals surface area contributed by atoms with E-state index in [1.165, 1.54) is 23.5 Å². The van der Waals surface area contributed by atoms with E-state index in [1.807, 2.05) is 13.0 Å². The van der Waals surface area contributed by atoms with E-state index in [0.717, 1.165) is 5.56 Å². The summed E-state index contributed by atoms with van der Waals surface area (Å²) >= 11 is 0. The molecule has 2 aromatic rings. The normalized spacial score (nSPS) is 15.3. The molecule has 1 heterocycles. The molecule has 0 aliphatic carbocycles. The highest BCUT2D eigenvalue weighted by Crippen LogP contribution is 2.27. The van der Waals surface area contributed by atoms with Gasteiger partial charge in [0.1, 0.15) is 5.75 Å². The Labute approximate surface area is 182 Å². The average molecular weight is 446 g/mol. The lowest BCUT2D eigenvalue weighted by molar-refractivity contribution is -0.120. The zero-order chi connectivity index (χ0) is 22.6. The molecule has 9 heteroatoms. The lowest BCUT2D eigenvalue weighted by Gasteiger charge is -2.30. The fourth-order valence-corrected chi connectivity index (χ4v) is 5.16. The van der Waals surface area contributed by atoms with E-state index in [4.69, 9.17) is 4.74 Å². The molecule has 1 aliphatic rings. The van der Waals surface area contributed by atoms with Crippen molar-refractivity contribution in [3.05, 3.63) is 53.6 Å². The van der Waals surface area contributed by atoms with Crippen molar-refractivity contribution in [3.63, 3.8) is 0 Å². The first-order chi connectivity index (χ1) is 14.8. The van der Waals surface area contributed by atoms with Crippen LogP contribution in [0.3, 0.4) is 0 Å². The average Bonchev–Trinajstić information content (AvgIpc) is 2.78. The lowest BCUT2D eigenvalue weighted by atomic mass is 9.96. The van der Waals surface area contributed by atoms with Crippen LogP contribution in [0.25, 0.3) is 0 Å². The number of carbonyl (C=O) groups is 2. The third kappa shape index (κ3) is 4.88. The number of carbonyl (C=O) groups excluding carboxylic acids is 2. The molecule has 2 amide bonds. The summed E-state index contributed by atoms with van der Waals surface area (Å²) < 4.78 is 32.2. The van der Waals surface area contributed by atoms with Crippen molar-refractivity contribution in [1.29, 1.82) is 0 Å². The molecule has 0 spiro atoms. The molecule has 166 valence electrons. The molecule has 1 fully saturated rings. The van der Waals surface area contributed by atoms with Crippen molar-refractivity contribution in [3.8, 4) is 5.75 Å². The molecule has 0 unspecified atom stereocenters. The second kappa shape index (κ2) is 9.49. The van der Waals surface area contributed by atoms with Crippen LogP contribution < -0.4 is 15.4 Å². The van der Waals surface area contributed by atoms with Crippen molar-refractivity contribution < 1.29 is 22.7 Å². The zero-order valence-electron chi connectivity index (χ0n) is 17.8. The highest BCUT2D eigenvalue weighted by molar-refractivity contribution is 7.89. The van der Waals surface area contributed by atoms with Crippen LogP contribution in [0, 0.1) is 12.8 Å². The van der Waals surface area contributed by atoms with E-state index in [0.29, 0.717) is 29.8 Å². The smallest absolute Gasteiger partial charge is 0.253 e. The molecule has 3 rings (SSSR count). The summed E-state index contributed by atoms with van der Waals surface area (Å²) in [5.41, 5.74) is 1.65. The zero-order valence-corrected chi connectivity index (χ0v) is 18.7. The topological polar surface area (TPSA) is 105 Å². The van der Waals surface area contributed by atoms with Crippen LogP contribution in [0.4, 0.5) is 5.69 Å². The fraction of sp³-hybridized carbons (Fsp3) is 0.364. The summed E-state index contributed by atoms with van der Waals surface area (Å²) in [7, 11) is -0.566. The van der Waals surface area contributed by atoms with Gasteiger partial charge in [0.05, 0.1) is 23.3 Å². The number of hydrogen-bond acceptors (Lipinski definition) is 5. The van der Waals surface area contributed by atoms with Gasteiger partial charge in [0, 0.05) is 26.1 Å². The van der Waals surface area contributed by atoms with Crippen molar-refractivity contribution in [2.45, 2.75) is 24.7 Å².